The van der Waals surface area contributed by atoms with Gasteiger partial charge >= 0.3 is 0 Å². The fourth-order valence-corrected chi connectivity index (χ4v) is 2.85. The molecule has 2 aromatic carbocycles. The van der Waals surface area contributed by atoms with E-state index in [0.717, 1.165) is 16.6 Å². The van der Waals surface area contributed by atoms with Crippen molar-refractivity contribution < 1.29 is 9.90 Å². The second-order valence-electron chi connectivity index (χ2n) is 6.61. The summed E-state index contributed by atoms with van der Waals surface area (Å²) < 4.78 is 0. The minimum absolute atomic E-state index is 0.337. The first-order valence-corrected chi connectivity index (χ1v) is 8.42. The third-order valence-electron chi connectivity index (χ3n) is 4.77. The van der Waals surface area contributed by atoms with Gasteiger partial charge in [-0.25, -0.2) is 4.98 Å². The molecule has 3 N–H and O–H groups in total. The zero-order chi connectivity index (χ0) is 18.0. The Morgan fingerprint density at radius 1 is 1.12 bits per heavy atom. The highest BCUT2D eigenvalue weighted by Gasteiger charge is 2.38. The average Bonchev–Trinajstić information content (AvgIpc) is 3.06. The van der Waals surface area contributed by atoms with Crippen molar-refractivity contribution in [2.24, 2.45) is 0 Å². The lowest BCUT2D eigenvalue weighted by Gasteiger charge is -2.30. The number of nitrogens with zero attached hydrogens (tertiary/aromatic N) is 1. The molecule has 1 amide bonds. The first-order chi connectivity index (χ1) is 11.9. The number of nitrogens with one attached hydrogen (secondary N) is 2. The topological polar surface area (TPSA) is 78.0 Å². The van der Waals surface area contributed by atoms with Gasteiger partial charge in [-0.15, -0.1) is 0 Å². The number of benzene rings is 2. The van der Waals surface area contributed by atoms with Crippen LogP contribution in [0, 0.1) is 0 Å². The molecule has 25 heavy (non-hydrogen) atoms. The number of aromatic amines is 1. The number of imidazole rings is 1. The van der Waals surface area contributed by atoms with Crippen LogP contribution in [0.3, 0.4) is 0 Å². The number of carbonyl (C=O) groups excluding carboxylic acids is 1. The van der Waals surface area contributed by atoms with Gasteiger partial charge in [0.25, 0.3) is 5.91 Å². The van der Waals surface area contributed by atoms with E-state index in [1.54, 1.807) is 6.92 Å². The molecule has 0 saturated carbocycles. The van der Waals surface area contributed by atoms with Crippen LogP contribution >= 0.6 is 0 Å². The molecule has 1 heterocycles. The summed E-state index contributed by atoms with van der Waals surface area (Å²) in [6, 6.07) is 16.9. The predicted molar refractivity (Wildman–Crippen MR) is 98.1 cm³/mol. The number of H-pyrrole nitrogens is 1. The maximum Gasteiger partial charge on any atom is 0.252 e. The summed E-state index contributed by atoms with van der Waals surface area (Å²) in [5.74, 6) is -0.0916. The van der Waals surface area contributed by atoms with Crippen LogP contribution in [0.4, 0.5) is 0 Å². The standard InChI is InChI=1S/C20H23N3O2/c1-13(15-9-5-4-6-10-15)20(3,25)19(24)21-14(2)18-22-16-11-7-8-12-17(16)23-18/h4-14,25H,1-3H3,(H,21,24)(H,22,23)/t13-,14+,20+/m1/s1. The van der Waals surface area contributed by atoms with Crippen molar-refractivity contribution >= 4 is 16.9 Å². The van der Waals surface area contributed by atoms with Crippen LogP contribution < -0.4 is 5.32 Å². The van der Waals surface area contributed by atoms with E-state index in [1.165, 1.54) is 0 Å². The first-order valence-electron chi connectivity index (χ1n) is 8.42. The molecule has 0 fully saturated rings. The van der Waals surface area contributed by atoms with Gasteiger partial charge in [0.05, 0.1) is 17.1 Å². The molecule has 3 atom stereocenters. The summed E-state index contributed by atoms with van der Waals surface area (Å²) in [7, 11) is 0. The first kappa shape index (κ1) is 17.2. The van der Waals surface area contributed by atoms with Crippen LogP contribution in [0.5, 0.6) is 0 Å². The monoisotopic (exact) mass is 337 g/mol. The molecule has 3 aromatic rings. The Kier molecular flexibility index (Phi) is 4.59. The number of hydrogen-bond acceptors (Lipinski definition) is 3. The van der Waals surface area contributed by atoms with Crippen LogP contribution in [0.1, 0.15) is 44.1 Å². The van der Waals surface area contributed by atoms with Crippen LogP contribution in [0.15, 0.2) is 54.6 Å². The van der Waals surface area contributed by atoms with Gasteiger partial charge in [0.1, 0.15) is 11.4 Å². The second kappa shape index (κ2) is 6.69. The third-order valence-corrected chi connectivity index (χ3v) is 4.77. The fourth-order valence-electron chi connectivity index (χ4n) is 2.85. The summed E-state index contributed by atoms with van der Waals surface area (Å²) in [5.41, 5.74) is 1.16. The Morgan fingerprint density at radius 2 is 1.76 bits per heavy atom. The smallest absolute Gasteiger partial charge is 0.252 e. The van der Waals surface area contributed by atoms with Crippen molar-refractivity contribution in [2.75, 3.05) is 0 Å². The number of hydrogen-bond donors (Lipinski definition) is 3. The lowest BCUT2D eigenvalue weighted by Crippen LogP contribution is -2.48. The van der Waals surface area contributed by atoms with E-state index in [9.17, 15) is 9.90 Å². The van der Waals surface area contributed by atoms with Gasteiger partial charge in [-0.1, -0.05) is 49.4 Å². The van der Waals surface area contributed by atoms with Gasteiger partial charge in [-0.05, 0) is 31.5 Å². The molecule has 0 aliphatic rings. The lowest BCUT2D eigenvalue weighted by atomic mass is 9.84. The molecular weight excluding hydrogens is 314 g/mol. The summed E-state index contributed by atoms with van der Waals surface area (Å²) >= 11 is 0. The normalized spacial score (nSPS) is 16.2. The molecular formula is C20H23N3O2. The van der Waals surface area contributed by atoms with Crippen LogP contribution in [0.2, 0.25) is 0 Å². The average molecular weight is 337 g/mol. The molecule has 0 unspecified atom stereocenters. The number of carbonyl (C=O) groups is 1. The maximum atomic E-state index is 12.7. The van der Waals surface area contributed by atoms with E-state index >= 15 is 0 Å². The number of aliphatic hydroxyl groups is 1. The van der Waals surface area contributed by atoms with Gasteiger partial charge in [-0.3, -0.25) is 4.79 Å². The number of para-hydroxylation sites is 2. The molecule has 5 nitrogen and oxygen atoms in total. The highest BCUT2D eigenvalue weighted by atomic mass is 16.3. The third kappa shape index (κ3) is 3.42. The number of aromatic nitrogens is 2. The maximum absolute atomic E-state index is 12.7. The van der Waals surface area contributed by atoms with Crippen molar-refractivity contribution in [1.82, 2.24) is 15.3 Å². The molecule has 0 aliphatic carbocycles. The summed E-state index contributed by atoms with van der Waals surface area (Å²) in [6.07, 6.45) is 0. The van der Waals surface area contributed by atoms with E-state index in [2.05, 4.69) is 15.3 Å². The van der Waals surface area contributed by atoms with Gasteiger partial charge in [0.2, 0.25) is 0 Å². The number of rotatable bonds is 5. The number of fused-ring (bicyclic) bond motifs is 1. The Bertz CT molecular complexity index is 838. The van der Waals surface area contributed by atoms with E-state index in [-0.39, 0.29) is 12.0 Å². The SMILES string of the molecule is C[C@H](NC(=O)[C@@](C)(O)[C@H](C)c1ccccc1)c1nc2ccccc2[nH]1. The van der Waals surface area contributed by atoms with E-state index < -0.39 is 11.5 Å². The van der Waals surface area contributed by atoms with Crippen molar-refractivity contribution in [2.45, 2.75) is 38.3 Å². The molecule has 0 bridgehead atoms. The van der Waals surface area contributed by atoms with Crippen molar-refractivity contribution in [3.63, 3.8) is 0 Å². The van der Waals surface area contributed by atoms with Gasteiger partial charge in [-0.2, -0.15) is 0 Å². The Balaban J connectivity index is 1.75. The van der Waals surface area contributed by atoms with Crippen LogP contribution in [-0.4, -0.2) is 26.6 Å². The molecule has 0 aliphatic heterocycles. The molecule has 1 aromatic heterocycles. The summed E-state index contributed by atoms with van der Waals surface area (Å²) in [4.78, 5) is 20.4. The molecule has 3 rings (SSSR count). The zero-order valence-corrected chi connectivity index (χ0v) is 14.7. The quantitative estimate of drug-likeness (QED) is 0.668. The largest absolute Gasteiger partial charge is 0.380 e. The Morgan fingerprint density at radius 3 is 2.44 bits per heavy atom. The van der Waals surface area contributed by atoms with E-state index in [1.807, 2.05) is 68.4 Å². The second-order valence-corrected chi connectivity index (χ2v) is 6.61. The highest BCUT2D eigenvalue weighted by molar-refractivity contribution is 5.86. The van der Waals surface area contributed by atoms with E-state index in [0.29, 0.717) is 5.82 Å². The molecule has 0 radical (unpaired) electrons. The number of amides is 1. The predicted octanol–water partition coefficient (Wildman–Crippen LogP) is 3.29. The van der Waals surface area contributed by atoms with E-state index in [4.69, 9.17) is 0 Å². The Hall–Kier alpha value is -2.66. The van der Waals surface area contributed by atoms with Gasteiger partial charge < -0.3 is 15.4 Å². The van der Waals surface area contributed by atoms with Crippen molar-refractivity contribution in [3.05, 3.63) is 66.0 Å². The highest BCUT2D eigenvalue weighted by Crippen LogP contribution is 2.28. The van der Waals surface area contributed by atoms with Crippen molar-refractivity contribution in [1.29, 1.82) is 0 Å². The fraction of sp³-hybridized carbons (Fsp3) is 0.300. The summed E-state index contributed by atoms with van der Waals surface area (Å²) in [5, 5.41) is 13.7. The molecule has 5 heteroatoms. The minimum Gasteiger partial charge on any atom is -0.380 e. The van der Waals surface area contributed by atoms with Crippen LogP contribution in [-0.2, 0) is 4.79 Å². The molecule has 0 spiro atoms. The van der Waals surface area contributed by atoms with Crippen LogP contribution in [0.25, 0.3) is 11.0 Å². The zero-order valence-electron chi connectivity index (χ0n) is 14.7. The lowest BCUT2D eigenvalue weighted by molar-refractivity contribution is -0.140. The summed E-state index contributed by atoms with van der Waals surface area (Å²) in [6.45, 7) is 5.24. The minimum atomic E-state index is -1.53. The Labute approximate surface area is 147 Å². The van der Waals surface area contributed by atoms with Crippen molar-refractivity contribution in [3.8, 4) is 0 Å². The van der Waals surface area contributed by atoms with Gasteiger partial charge in [0.15, 0.2) is 0 Å². The molecule has 0 saturated heterocycles. The molecule has 130 valence electrons. The van der Waals surface area contributed by atoms with Gasteiger partial charge in [0, 0.05) is 5.92 Å².